The fraction of sp³-hybridized carbons (Fsp3) is 0.818. The van der Waals surface area contributed by atoms with Crippen LogP contribution < -0.4 is 10.6 Å². The minimum atomic E-state index is -0.390. The molecule has 0 bridgehead atoms. The van der Waals surface area contributed by atoms with Crippen molar-refractivity contribution >= 4 is 11.8 Å². The third kappa shape index (κ3) is 7.23. The van der Waals surface area contributed by atoms with Crippen LogP contribution in [-0.2, 0) is 9.59 Å². The number of carbonyl (C=O) groups excluding carboxylic acids is 2. The Labute approximate surface area is 96.6 Å². The molecule has 0 spiro atoms. The highest BCUT2D eigenvalue weighted by molar-refractivity contribution is 5.81. The van der Waals surface area contributed by atoms with E-state index in [2.05, 4.69) is 10.6 Å². The van der Waals surface area contributed by atoms with Gasteiger partial charge in [0.2, 0.25) is 11.8 Å². The summed E-state index contributed by atoms with van der Waals surface area (Å²) in [5.41, 5.74) is -0.390. The first-order valence-corrected chi connectivity index (χ1v) is 5.54. The quantitative estimate of drug-likeness (QED) is 0.564. The molecule has 0 heterocycles. The van der Waals surface area contributed by atoms with Crippen LogP contribution in [0.4, 0.5) is 0 Å². The van der Waals surface area contributed by atoms with Crippen molar-refractivity contribution in [1.29, 1.82) is 0 Å². The molecular weight excluding hydrogens is 208 g/mol. The molecular formula is C11H22N2O3. The minimum absolute atomic E-state index is 0.0109. The Morgan fingerprint density at radius 2 is 1.75 bits per heavy atom. The molecule has 0 unspecified atom stereocenters. The Kier molecular flexibility index (Phi) is 6.72. The number of hydrogen-bond acceptors (Lipinski definition) is 3. The van der Waals surface area contributed by atoms with Crippen LogP contribution in [0, 0.1) is 5.41 Å². The lowest BCUT2D eigenvalue weighted by Gasteiger charge is -2.17. The molecule has 0 atom stereocenters. The first kappa shape index (κ1) is 14.9. The predicted octanol–water partition coefficient (Wildman–Crippen LogP) is 0.0374. The van der Waals surface area contributed by atoms with Crippen molar-refractivity contribution in [3.05, 3.63) is 0 Å². The van der Waals surface area contributed by atoms with Crippen molar-refractivity contribution in [2.45, 2.75) is 33.6 Å². The molecule has 0 fully saturated rings. The van der Waals surface area contributed by atoms with Gasteiger partial charge in [0.05, 0.1) is 6.61 Å². The zero-order chi connectivity index (χ0) is 12.6. The SMILES string of the molecule is CC(C)(C)C(=O)NCCCC(=O)NCCO. The van der Waals surface area contributed by atoms with Gasteiger partial charge < -0.3 is 15.7 Å². The first-order valence-electron chi connectivity index (χ1n) is 5.54. The van der Waals surface area contributed by atoms with E-state index in [4.69, 9.17) is 5.11 Å². The summed E-state index contributed by atoms with van der Waals surface area (Å²) in [6.07, 6.45) is 0.976. The molecule has 0 rings (SSSR count). The van der Waals surface area contributed by atoms with Crippen LogP contribution in [0.5, 0.6) is 0 Å². The van der Waals surface area contributed by atoms with Gasteiger partial charge in [-0.2, -0.15) is 0 Å². The summed E-state index contributed by atoms with van der Waals surface area (Å²) in [5.74, 6) is -0.109. The molecule has 0 aromatic carbocycles. The zero-order valence-electron chi connectivity index (χ0n) is 10.3. The number of amides is 2. The Hall–Kier alpha value is -1.10. The molecule has 0 saturated carbocycles. The number of carbonyl (C=O) groups is 2. The van der Waals surface area contributed by atoms with Gasteiger partial charge in [-0.25, -0.2) is 0 Å². The summed E-state index contributed by atoms with van der Waals surface area (Å²) >= 11 is 0. The van der Waals surface area contributed by atoms with E-state index in [9.17, 15) is 9.59 Å². The van der Waals surface area contributed by atoms with Crippen molar-refractivity contribution in [1.82, 2.24) is 10.6 Å². The maximum atomic E-state index is 11.4. The molecule has 0 aromatic heterocycles. The van der Waals surface area contributed by atoms with Crippen LogP contribution >= 0.6 is 0 Å². The summed E-state index contributed by atoms with van der Waals surface area (Å²) in [6.45, 7) is 6.27. The number of aliphatic hydroxyl groups is 1. The minimum Gasteiger partial charge on any atom is -0.395 e. The molecule has 0 radical (unpaired) electrons. The molecule has 0 aliphatic heterocycles. The normalized spacial score (nSPS) is 11.0. The van der Waals surface area contributed by atoms with E-state index in [0.717, 1.165) is 0 Å². The molecule has 0 aliphatic rings. The van der Waals surface area contributed by atoms with E-state index in [-0.39, 0.29) is 30.4 Å². The maximum Gasteiger partial charge on any atom is 0.225 e. The van der Waals surface area contributed by atoms with Crippen LogP contribution in [-0.4, -0.2) is 36.6 Å². The highest BCUT2D eigenvalue weighted by Crippen LogP contribution is 2.12. The molecule has 0 saturated heterocycles. The lowest BCUT2D eigenvalue weighted by molar-refractivity contribution is -0.128. The second-order valence-electron chi connectivity index (χ2n) is 4.68. The lowest BCUT2D eigenvalue weighted by Crippen LogP contribution is -2.36. The number of aliphatic hydroxyl groups excluding tert-OH is 1. The molecule has 5 nitrogen and oxygen atoms in total. The van der Waals surface area contributed by atoms with E-state index in [0.29, 0.717) is 19.4 Å². The summed E-state index contributed by atoms with van der Waals surface area (Å²) in [4.78, 5) is 22.5. The molecule has 94 valence electrons. The van der Waals surface area contributed by atoms with Crippen LogP contribution in [0.2, 0.25) is 0 Å². The van der Waals surface area contributed by atoms with Gasteiger partial charge in [0.15, 0.2) is 0 Å². The van der Waals surface area contributed by atoms with E-state index in [1.165, 1.54) is 0 Å². The molecule has 16 heavy (non-hydrogen) atoms. The Morgan fingerprint density at radius 1 is 1.12 bits per heavy atom. The molecule has 0 aromatic rings. The second-order valence-corrected chi connectivity index (χ2v) is 4.68. The second kappa shape index (κ2) is 7.22. The molecule has 3 N–H and O–H groups in total. The van der Waals surface area contributed by atoms with Gasteiger partial charge in [-0.1, -0.05) is 20.8 Å². The van der Waals surface area contributed by atoms with E-state index < -0.39 is 0 Å². The van der Waals surface area contributed by atoms with Crippen LogP contribution in [0.15, 0.2) is 0 Å². The highest BCUT2D eigenvalue weighted by Gasteiger charge is 2.20. The van der Waals surface area contributed by atoms with Crippen LogP contribution in [0.3, 0.4) is 0 Å². The van der Waals surface area contributed by atoms with Gasteiger partial charge in [0.25, 0.3) is 0 Å². The van der Waals surface area contributed by atoms with Crippen molar-refractivity contribution in [2.75, 3.05) is 19.7 Å². The van der Waals surface area contributed by atoms with Gasteiger partial charge in [-0.05, 0) is 6.42 Å². The van der Waals surface area contributed by atoms with E-state index in [1.54, 1.807) is 0 Å². The molecule has 5 heteroatoms. The summed E-state index contributed by atoms with van der Waals surface area (Å²) in [5, 5.41) is 13.8. The average molecular weight is 230 g/mol. The van der Waals surface area contributed by atoms with Gasteiger partial charge in [-0.3, -0.25) is 9.59 Å². The Balaban J connectivity index is 3.54. The molecule has 0 aliphatic carbocycles. The average Bonchev–Trinajstić information content (AvgIpc) is 2.19. The largest absolute Gasteiger partial charge is 0.395 e. The third-order valence-electron chi connectivity index (χ3n) is 1.98. The predicted molar refractivity (Wildman–Crippen MR) is 61.8 cm³/mol. The van der Waals surface area contributed by atoms with Crippen molar-refractivity contribution in [3.63, 3.8) is 0 Å². The number of hydrogen-bond donors (Lipinski definition) is 3. The smallest absolute Gasteiger partial charge is 0.225 e. The maximum absolute atomic E-state index is 11.4. The van der Waals surface area contributed by atoms with Gasteiger partial charge in [0.1, 0.15) is 0 Å². The van der Waals surface area contributed by atoms with Crippen LogP contribution in [0.25, 0.3) is 0 Å². The standard InChI is InChI=1S/C11H22N2O3/c1-11(2,3)10(16)13-6-4-5-9(15)12-7-8-14/h14H,4-8H2,1-3H3,(H,12,15)(H,13,16). The highest BCUT2D eigenvalue weighted by atomic mass is 16.3. The first-order chi connectivity index (χ1) is 7.38. The summed E-state index contributed by atoms with van der Waals surface area (Å²) in [6, 6.07) is 0. The fourth-order valence-corrected chi connectivity index (χ4v) is 1.000. The van der Waals surface area contributed by atoms with Crippen molar-refractivity contribution < 1.29 is 14.7 Å². The van der Waals surface area contributed by atoms with Crippen LogP contribution in [0.1, 0.15) is 33.6 Å². The topological polar surface area (TPSA) is 78.4 Å². The summed E-state index contributed by atoms with van der Waals surface area (Å²) in [7, 11) is 0. The van der Waals surface area contributed by atoms with Gasteiger partial charge in [-0.15, -0.1) is 0 Å². The third-order valence-corrected chi connectivity index (χ3v) is 1.98. The van der Waals surface area contributed by atoms with Crippen molar-refractivity contribution in [2.24, 2.45) is 5.41 Å². The number of nitrogens with one attached hydrogen (secondary N) is 2. The zero-order valence-corrected chi connectivity index (χ0v) is 10.3. The van der Waals surface area contributed by atoms with Gasteiger partial charge in [0, 0.05) is 24.9 Å². The number of rotatable bonds is 6. The van der Waals surface area contributed by atoms with Gasteiger partial charge >= 0.3 is 0 Å². The van der Waals surface area contributed by atoms with E-state index >= 15 is 0 Å². The molecule has 2 amide bonds. The fourth-order valence-electron chi connectivity index (χ4n) is 1.000. The van der Waals surface area contributed by atoms with Crippen molar-refractivity contribution in [3.8, 4) is 0 Å². The monoisotopic (exact) mass is 230 g/mol. The van der Waals surface area contributed by atoms with E-state index in [1.807, 2.05) is 20.8 Å². The Morgan fingerprint density at radius 3 is 2.25 bits per heavy atom. The lowest BCUT2D eigenvalue weighted by atomic mass is 9.96. The summed E-state index contributed by atoms with van der Waals surface area (Å²) < 4.78 is 0. The Bertz CT molecular complexity index is 234.